The number of aliphatic hydroxyl groups excluding tert-OH is 1. The zero-order valence-corrected chi connectivity index (χ0v) is 10.6. The highest BCUT2D eigenvalue weighted by molar-refractivity contribution is 5.40. The fraction of sp³-hybridized carbons (Fsp3) is 0.250. The van der Waals surface area contributed by atoms with Crippen LogP contribution in [0.5, 0.6) is 11.5 Å². The lowest BCUT2D eigenvalue weighted by Crippen LogP contribution is -2.14. The summed E-state index contributed by atoms with van der Waals surface area (Å²) in [5.74, 6) is 1.62. The Balaban J connectivity index is 1.72. The number of rotatable bonds is 3. The number of fused-ring (bicyclic) bond motifs is 1. The molecular formula is C16H16O3. The van der Waals surface area contributed by atoms with E-state index >= 15 is 0 Å². The van der Waals surface area contributed by atoms with Crippen molar-refractivity contribution in [1.82, 2.24) is 0 Å². The highest BCUT2D eigenvalue weighted by Gasteiger charge is 2.19. The maximum absolute atomic E-state index is 9.85. The van der Waals surface area contributed by atoms with Crippen LogP contribution in [0.25, 0.3) is 0 Å². The Hall–Kier alpha value is -2.00. The van der Waals surface area contributed by atoms with Crippen molar-refractivity contribution < 1.29 is 14.6 Å². The second kappa shape index (κ2) is 5.33. The van der Waals surface area contributed by atoms with Crippen LogP contribution in [-0.2, 0) is 6.61 Å². The molecule has 0 bridgehead atoms. The first-order chi connectivity index (χ1) is 9.33. The highest BCUT2D eigenvalue weighted by atomic mass is 16.5. The van der Waals surface area contributed by atoms with Crippen LogP contribution in [-0.4, -0.2) is 11.7 Å². The van der Waals surface area contributed by atoms with Gasteiger partial charge in [-0.2, -0.15) is 0 Å². The van der Waals surface area contributed by atoms with E-state index in [0.717, 1.165) is 22.6 Å². The second-order valence-electron chi connectivity index (χ2n) is 4.63. The van der Waals surface area contributed by atoms with Gasteiger partial charge >= 0.3 is 0 Å². The first-order valence-corrected chi connectivity index (χ1v) is 6.44. The third-order valence-corrected chi connectivity index (χ3v) is 3.23. The minimum Gasteiger partial charge on any atom is -0.493 e. The third kappa shape index (κ3) is 2.71. The van der Waals surface area contributed by atoms with Crippen molar-refractivity contribution in [2.75, 3.05) is 6.61 Å². The molecule has 0 saturated heterocycles. The molecule has 0 unspecified atom stereocenters. The van der Waals surface area contributed by atoms with Gasteiger partial charge in [-0.3, -0.25) is 0 Å². The maximum atomic E-state index is 9.85. The molecule has 98 valence electrons. The molecule has 1 aliphatic rings. The van der Waals surface area contributed by atoms with E-state index in [1.807, 2.05) is 48.5 Å². The summed E-state index contributed by atoms with van der Waals surface area (Å²) in [5.41, 5.74) is 1.91. The predicted molar refractivity (Wildman–Crippen MR) is 72.3 cm³/mol. The van der Waals surface area contributed by atoms with Gasteiger partial charge in [0.05, 0.1) is 12.7 Å². The van der Waals surface area contributed by atoms with E-state index < -0.39 is 6.10 Å². The monoisotopic (exact) mass is 256 g/mol. The molecule has 0 fully saturated rings. The van der Waals surface area contributed by atoms with Crippen LogP contribution in [0, 0.1) is 0 Å². The first-order valence-electron chi connectivity index (χ1n) is 6.44. The zero-order chi connectivity index (χ0) is 13.1. The summed E-state index contributed by atoms with van der Waals surface area (Å²) in [7, 11) is 0. The molecule has 0 saturated carbocycles. The van der Waals surface area contributed by atoms with Gasteiger partial charge in [0, 0.05) is 12.0 Å². The number of aliphatic hydroxyl groups is 1. The summed E-state index contributed by atoms with van der Waals surface area (Å²) in [4.78, 5) is 0. The van der Waals surface area contributed by atoms with Crippen molar-refractivity contribution in [3.63, 3.8) is 0 Å². The van der Waals surface area contributed by atoms with Crippen molar-refractivity contribution in [3.05, 3.63) is 59.7 Å². The van der Waals surface area contributed by atoms with E-state index in [1.165, 1.54) is 0 Å². The van der Waals surface area contributed by atoms with E-state index in [4.69, 9.17) is 9.47 Å². The topological polar surface area (TPSA) is 38.7 Å². The SMILES string of the molecule is O[C@H]1CCOc2cc(COc3ccccc3)ccc21. The molecule has 2 aromatic carbocycles. The van der Waals surface area contributed by atoms with Crippen molar-refractivity contribution in [3.8, 4) is 11.5 Å². The van der Waals surface area contributed by atoms with Gasteiger partial charge in [-0.05, 0) is 23.8 Å². The number of hydrogen-bond donors (Lipinski definition) is 1. The summed E-state index contributed by atoms with van der Waals surface area (Å²) >= 11 is 0. The molecule has 3 rings (SSSR count). The fourth-order valence-corrected chi connectivity index (χ4v) is 2.19. The van der Waals surface area contributed by atoms with E-state index in [-0.39, 0.29) is 0 Å². The number of para-hydroxylation sites is 1. The smallest absolute Gasteiger partial charge is 0.125 e. The Labute approximate surface area is 112 Å². The Kier molecular flexibility index (Phi) is 3.38. The second-order valence-corrected chi connectivity index (χ2v) is 4.63. The Morgan fingerprint density at radius 1 is 1.16 bits per heavy atom. The van der Waals surface area contributed by atoms with Gasteiger partial charge in [-0.25, -0.2) is 0 Å². The summed E-state index contributed by atoms with van der Waals surface area (Å²) in [6.45, 7) is 1.06. The highest BCUT2D eigenvalue weighted by Crippen LogP contribution is 2.32. The summed E-state index contributed by atoms with van der Waals surface area (Å²) in [6, 6.07) is 15.5. The first kappa shape index (κ1) is 12.1. The van der Waals surface area contributed by atoms with Crippen LogP contribution >= 0.6 is 0 Å². The van der Waals surface area contributed by atoms with Crippen LogP contribution in [0.2, 0.25) is 0 Å². The largest absolute Gasteiger partial charge is 0.493 e. The molecule has 3 nitrogen and oxygen atoms in total. The molecule has 0 spiro atoms. The molecule has 3 heteroatoms. The van der Waals surface area contributed by atoms with Crippen LogP contribution in [0.15, 0.2) is 48.5 Å². The normalized spacial score (nSPS) is 17.4. The molecular weight excluding hydrogens is 240 g/mol. The van der Waals surface area contributed by atoms with Gasteiger partial charge in [0.1, 0.15) is 18.1 Å². The van der Waals surface area contributed by atoms with Gasteiger partial charge in [0.2, 0.25) is 0 Å². The quantitative estimate of drug-likeness (QED) is 0.917. The fourth-order valence-electron chi connectivity index (χ4n) is 2.19. The summed E-state index contributed by atoms with van der Waals surface area (Å²) in [5, 5.41) is 9.85. The molecule has 0 radical (unpaired) electrons. The average molecular weight is 256 g/mol. The molecule has 0 aliphatic carbocycles. The summed E-state index contributed by atoms with van der Waals surface area (Å²) < 4.78 is 11.3. The molecule has 1 aliphatic heterocycles. The number of benzene rings is 2. The Bertz CT molecular complexity index is 551. The van der Waals surface area contributed by atoms with E-state index in [0.29, 0.717) is 19.6 Å². The van der Waals surface area contributed by atoms with E-state index in [9.17, 15) is 5.11 Å². The molecule has 1 N–H and O–H groups in total. The summed E-state index contributed by atoms with van der Waals surface area (Å²) in [6.07, 6.45) is 0.250. The minimum absolute atomic E-state index is 0.409. The zero-order valence-electron chi connectivity index (χ0n) is 10.6. The molecule has 0 amide bonds. The third-order valence-electron chi connectivity index (χ3n) is 3.23. The van der Waals surface area contributed by atoms with Crippen LogP contribution < -0.4 is 9.47 Å². The van der Waals surface area contributed by atoms with Crippen LogP contribution in [0.3, 0.4) is 0 Å². The Morgan fingerprint density at radius 2 is 2.00 bits per heavy atom. The van der Waals surface area contributed by atoms with Gasteiger partial charge < -0.3 is 14.6 Å². The van der Waals surface area contributed by atoms with Gasteiger partial charge in [0.25, 0.3) is 0 Å². The standard InChI is InChI=1S/C16H16O3/c17-15-8-9-18-16-10-12(6-7-14(15)16)11-19-13-4-2-1-3-5-13/h1-7,10,15,17H,8-9,11H2/t15-/m0/s1. The maximum Gasteiger partial charge on any atom is 0.125 e. The molecule has 1 heterocycles. The lowest BCUT2D eigenvalue weighted by molar-refractivity contribution is 0.115. The lowest BCUT2D eigenvalue weighted by Gasteiger charge is -2.22. The molecule has 0 aromatic heterocycles. The van der Waals surface area contributed by atoms with Crippen LogP contribution in [0.4, 0.5) is 0 Å². The molecule has 2 aromatic rings. The molecule has 19 heavy (non-hydrogen) atoms. The van der Waals surface area contributed by atoms with E-state index in [1.54, 1.807) is 0 Å². The van der Waals surface area contributed by atoms with Crippen molar-refractivity contribution in [1.29, 1.82) is 0 Å². The van der Waals surface area contributed by atoms with E-state index in [2.05, 4.69) is 0 Å². The average Bonchev–Trinajstić information content (AvgIpc) is 2.46. The van der Waals surface area contributed by atoms with Gasteiger partial charge in [-0.15, -0.1) is 0 Å². The molecule has 1 atom stereocenters. The van der Waals surface area contributed by atoms with Crippen LogP contribution in [0.1, 0.15) is 23.7 Å². The van der Waals surface area contributed by atoms with Gasteiger partial charge in [0.15, 0.2) is 0 Å². The minimum atomic E-state index is -0.409. The number of ether oxygens (including phenoxy) is 2. The lowest BCUT2D eigenvalue weighted by atomic mass is 10.0. The predicted octanol–water partition coefficient (Wildman–Crippen LogP) is 3.08. The van der Waals surface area contributed by atoms with Crippen molar-refractivity contribution in [2.24, 2.45) is 0 Å². The van der Waals surface area contributed by atoms with Crippen molar-refractivity contribution in [2.45, 2.75) is 19.1 Å². The Morgan fingerprint density at radius 3 is 2.84 bits per heavy atom. The number of hydrogen-bond acceptors (Lipinski definition) is 3. The van der Waals surface area contributed by atoms with Gasteiger partial charge in [-0.1, -0.05) is 30.3 Å². The van der Waals surface area contributed by atoms with Crippen molar-refractivity contribution >= 4 is 0 Å².